The third-order valence-electron chi connectivity index (χ3n) is 2.86. The monoisotopic (exact) mass is 284 g/mol. The fourth-order valence-corrected chi connectivity index (χ4v) is 1.90. The van der Waals surface area contributed by atoms with E-state index in [1.54, 1.807) is 38.4 Å². The van der Waals surface area contributed by atoms with Gasteiger partial charge in [-0.25, -0.2) is 4.98 Å². The second-order valence-electron chi connectivity index (χ2n) is 4.43. The summed E-state index contributed by atoms with van der Waals surface area (Å²) in [5.41, 5.74) is 1.79. The van der Waals surface area contributed by atoms with Gasteiger partial charge in [0.2, 0.25) is 17.3 Å². The van der Waals surface area contributed by atoms with Crippen LogP contribution < -0.4 is 10.3 Å². The number of H-pyrrole nitrogens is 1. The summed E-state index contributed by atoms with van der Waals surface area (Å²) in [6, 6.07) is 6.67. The van der Waals surface area contributed by atoms with Gasteiger partial charge in [0.1, 0.15) is 0 Å². The van der Waals surface area contributed by atoms with E-state index in [0.29, 0.717) is 22.8 Å². The lowest BCUT2D eigenvalue weighted by atomic mass is 10.2. The van der Waals surface area contributed by atoms with Gasteiger partial charge >= 0.3 is 0 Å². The number of aromatic amines is 1. The summed E-state index contributed by atoms with van der Waals surface area (Å²) in [5, 5.41) is 3.90. The van der Waals surface area contributed by atoms with Crippen LogP contribution in [0.4, 0.5) is 0 Å². The first-order valence-corrected chi connectivity index (χ1v) is 6.21. The molecule has 0 aliphatic rings. The molecule has 21 heavy (non-hydrogen) atoms. The lowest BCUT2D eigenvalue weighted by molar-refractivity contribution is 0.398. The van der Waals surface area contributed by atoms with Crippen molar-refractivity contribution in [1.82, 2.24) is 20.1 Å². The Morgan fingerprint density at radius 2 is 2.10 bits per heavy atom. The highest BCUT2D eigenvalue weighted by molar-refractivity contribution is 5.59. The van der Waals surface area contributed by atoms with E-state index in [1.807, 2.05) is 0 Å². The summed E-state index contributed by atoms with van der Waals surface area (Å²) in [4.78, 5) is 22.5. The van der Waals surface area contributed by atoms with Gasteiger partial charge in [0.05, 0.1) is 7.11 Å². The van der Waals surface area contributed by atoms with E-state index >= 15 is 0 Å². The molecule has 0 amide bonds. The van der Waals surface area contributed by atoms with Crippen molar-refractivity contribution in [2.24, 2.45) is 0 Å². The molecule has 3 aromatic rings. The molecule has 0 fully saturated rings. The molecule has 3 rings (SSSR count). The van der Waals surface area contributed by atoms with Crippen molar-refractivity contribution in [3.05, 3.63) is 46.5 Å². The molecule has 7 heteroatoms. The van der Waals surface area contributed by atoms with E-state index in [4.69, 9.17) is 9.26 Å². The van der Waals surface area contributed by atoms with Crippen LogP contribution in [0.2, 0.25) is 0 Å². The van der Waals surface area contributed by atoms with E-state index in [2.05, 4.69) is 20.1 Å². The SMILES string of the molecule is COc1ccc(-c2noc(-c3cc(C)[nH]c(=O)c3)n2)cn1. The van der Waals surface area contributed by atoms with Crippen molar-refractivity contribution in [2.75, 3.05) is 7.11 Å². The average Bonchev–Trinajstić information content (AvgIpc) is 2.96. The summed E-state index contributed by atoms with van der Waals surface area (Å²) < 4.78 is 10.2. The van der Waals surface area contributed by atoms with Crippen LogP contribution in [0.3, 0.4) is 0 Å². The van der Waals surface area contributed by atoms with Gasteiger partial charge in [-0.05, 0) is 19.1 Å². The van der Waals surface area contributed by atoms with Crippen LogP contribution in [0.1, 0.15) is 5.69 Å². The molecule has 7 nitrogen and oxygen atoms in total. The van der Waals surface area contributed by atoms with Crippen molar-refractivity contribution in [2.45, 2.75) is 6.92 Å². The van der Waals surface area contributed by atoms with Gasteiger partial charge in [0.15, 0.2) is 0 Å². The third-order valence-corrected chi connectivity index (χ3v) is 2.86. The van der Waals surface area contributed by atoms with E-state index in [9.17, 15) is 4.79 Å². The number of pyridine rings is 2. The zero-order valence-electron chi connectivity index (χ0n) is 11.5. The van der Waals surface area contributed by atoms with E-state index in [-0.39, 0.29) is 11.4 Å². The number of rotatable bonds is 3. The second-order valence-corrected chi connectivity index (χ2v) is 4.43. The highest BCUT2D eigenvalue weighted by atomic mass is 16.5. The number of aryl methyl sites for hydroxylation is 1. The standard InChI is InChI=1S/C14H12N4O3/c1-8-5-10(6-11(19)16-8)14-17-13(18-21-14)9-3-4-12(20-2)15-7-9/h3-7H,1-2H3,(H,16,19). The van der Waals surface area contributed by atoms with Crippen LogP contribution >= 0.6 is 0 Å². The molecule has 0 bridgehead atoms. The lowest BCUT2D eigenvalue weighted by Crippen LogP contribution is -2.05. The Labute approximate surface area is 119 Å². The number of nitrogens with one attached hydrogen (secondary N) is 1. The van der Waals surface area contributed by atoms with E-state index in [1.165, 1.54) is 6.07 Å². The molecule has 1 N–H and O–H groups in total. The van der Waals surface area contributed by atoms with Crippen LogP contribution in [-0.2, 0) is 0 Å². The van der Waals surface area contributed by atoms with Crippen LogP contribution in [0, 0.1) is 6.92 Å². The molecule has 0 aliphatic carbocycles. The number of methoxy groups -OCH3 is 1. The Hall–Kier alpha value is -2.96. The fourth-order valence-electron chi connectivity index (χ4n) is 1.90. The molecule has 0 saturated carbocycles. The van der Waals surface area contributed by atoms with E-state index in [0.717, 1.165) is 5.69 Å². The second kappa shape index (κ2) is 5.20. The molecule has 0 aliphatic heterocycles. The van der Waals surface area contributed by atoms with Crippen molar-refractivity contribution in [3.63, 3.8) is 0 Å². The Morgan fingerprint density at radius 3 is 2.76 bits per heavy atom. The molecule has 0 saturated heterocycles. The number of aromatic nitrogens is 4. The molecule has 0 spiro atoms. The van der Waals surface area contributed by atoms with Gasteiger partial charge in [-0.15, -0.1) is 0 Å². The molecule has 3 heterocycles. The Morgan fingerprint density at radius 1 is 1.24 bits per heavy atom. The number of hydrogen-bond donors (Lipinski definition) is 1. The predicted molar refractivity (Wildman–Crippen MR) is 74.9 cm³/mol. The normalized spacial score (nSPS) is 10.6. The highest BCUT2D eigenvalue weighted by Gasteiger charge is 2.12. The van der Waals surface area contributed by atoms with Gasteiger partial charge in [-0.2, -0.15) is 4.98 Å². The fraction of sp³-hybridized carbons (Fsp3) is 0.143. The summed E-state index contributed by atoms with van der Waals surface area (Å²) in [6.07, 6.45) is 1.59. The van der Waals surface area contributed by atoms with Crippen LogP contribution in [0.5, 0.6) is 5.88 Å². The first-order valence-electron chi connectivity index (χ1n) is 6.21. The molecule has 0 radical (unpaired) electrons. The van der Waals surface area contributed by atoms with Crippen molar-refractivity contribution in [3.8, 4) is 28.7 Å². The van der Waals surface area contributed by atoms with Gasteiger partial charge in [-0.1, -0.05) is 5.16 Å². The average molecular weight is 284 g/mol. The maximum atomic E-state index is 11.5. The van der Waals surface area contributed by atoms with E-state index < -0.39 is 0 Å². The summed E-state index contributed by atoms with van der Waals surface area (Å²) >= 11 is 0. The molecular formula is C14H12N4O3. The molecule has 3 aromatic heterocycles. The van der Waals surface area contributed by atoms with Gasteiger partial charge < -0.3 is 14.2 Å². The predicted octanol–water partition coefficient (Wildman–Crippen LogP) is 1.80. The quantitative estimate of drug-likeness (QED) is 0.788. The lowest BCUT2D eigenvalue weighted by Gasteiger charge is -1.98. The minimum atomic E-state index is -0.212. The van der Waals surface area contributed by atoms with Crippen molar-refractivity contribution in [1.29, 1.82) is 0 Å². The minimum absolute atomic E-state index is 0.212. The molecule has 106 valence electrons. The smallest absolute Gasteiger partial charge is 0.258 e. The molecular weight excluding hydrogens is 272 g/mol. The molecule has 0 aromatic carbocycles. The topological polar surface area (TPSA) is 93.9 Å². The summed E-state index contributed by atoms with van der Waals surface area (Å²) in [5.74, 6) is 1.20. The Balaban J connectivity index is 1.97. The Kier molecular flexibility index (Phi) is 3.23. The number of hydrogen-bond acceptors (Lipinski definition) is 6. The summed E-state index contributed by atoms with van der Waals surface area (Å²) in [7, 11) is 1.55. The summed E-state index contributed by atoms with van der Waals surface area (Å²) in [6.45, 7) is 1.79. The maximum absolute atomic E-state index is 11.5. The van der Waals surface area contributed by atoms with Crippen molar-refractivity contribution < 1.29 is 9.26 Å². The zero-order valence-corrected chi connectivity index (χ0v) is 11.5. The minimum Gasteiger partial charge on any atom is -0.481 e. The van der Waals surface area contributed by atoms with Crippen LogP contribution in [0.25, 0.3) is 22.8 Å². The molecule has 0 unspecified atom stereocenters. The highest BCUT2D eigenvalue weighted by Crippen LogP contribution is 2.22. The number of nitrogens with zero attached hydrogens (tertiary/aromatic N) is 3. The maximum Gasteiger partial charge on any atom is 0.258 e. The van der Waals surface area contributed by atoms with Gasteiger partial charge in [0, 0.05) is 35.2 Å². The zero-order chi connectivity index (χ0) is 14.8. The van der Waals surface area contributed by atoms with Crippen LogP contribution in [-0.4, -0.2) is 27.2 Å². The van der Waals surface area contributed by atoms with Crippen LogP contribution in [0.15, 0.2) is 39.8 Å². The first kappa shape index (κ1) is 13.0. The largest absolute Gasteiger partial charge is 0.481 e. The Bertz CT molecular complexity index is 821. The number of ether oxygens (including phenoxy) is 1. The third kappa shape index (κ3) is 2.66. The molecule has 0 atom stereocenters. The van der Waals surface area contributed by atoms with Gasteiger partial charge in [-0.3, -0.25) is 4.79 Å². The van der Waals surface area contributed by atoms with Crippen molar-refractivity contribution >= 4 is 0 Å². The first-order chi connectivity index (χ1) is 10.2. The van der Waals surface area contributed by atoms with Gasteiger partial charge in [0.25, 0.3) is 5.89 Å².